The molecule has 0 saturated carbocycles. The third-order valence-corrected chi connectivity index (χ3v) is 3.51. The molecule has 6 heteroatoms. The number of amides is 2. The van der Waals surface area contributed by atoms with E-state index in [1.807, 2.05) is 20.8 Å². The lowest BCUT2D eigenvalue weighted by Gasteiger charge is -2.20. The van der Waals surface area contributed by atoms with Gasteiger partial charge in [0.25, 0.3) is 0 Å². The highest BCUT2D eigenvalue weighted by Crippen LogP contribution is 2.23. The Balaban J connectivity index is 2.64. The monoisotopic (exact) mass is 270 g/mol. The van der Waals surface area contributed by atoms with Gasteiger partial charge in [0.05, 0.1) is 5.56 Å². The van der Waals surface area contributed by atoms with Gasteiger partial charge in [0.15, 0.2) is 0 Å². The van der Waals surface area contributed by atoms with Crippen molar-refractivity contribution >= 4 is 28.3 Å². The molecule has 0 spiro atoms. The van der Waals surface area contributed by atoms with Crippen LogP contribution in [0.1, 0.15) is 37.6 Å². The molecule has 0 fully saturated rings. The molecule has 1 aromatic rings. The number of thiophene rings is 1. The van der Waals surface area contributed by atoms with Crippen molar-refractivity contribution in [3.8, 4) is 0 Å². The highest BCUT2D eigenvalue weighted by Gasteiger charge is 2.17. The first kappa shape index (κ1) is 14.5. The van der Waals surface area contributed by atoms with Gasteiger partial charge in [0.2, 0.25) is 0 Å². The van der Waals surface area contributed by atoms with Crippen molar-refractivity contribution < 1.29 is 14.7 Å². The minimum absolute atomic E-state index is 0.0817. The Labute approximate surface area is 110 Å². The van der Waals surface area contributed by atoms with Crippen LogP contribution in [0.2, 0.25) is 0 Å². The molecule has 0 aliphatic carbocycles. The zero-order valence-corrected chi connectivity index (χ0v) is 11.5. The number of carbonyl (C=O) groups is 2. The predicted molar refractivity (Wildman–Crippen MR) is 72.3 cm³/mol. The molecular weight excluding hydrogens is 252 g/mol. The SMILES string of the molecule is CCC(NC(=O)Nc1sccc1C(=O)O)C(C)C. The molecule has 1 atom stereocenters. The van der Waals surface area contributed by atoms with Crippen LogP contribution in [0.5, 0.6) is 0 Å². The molecule has 0 saturated heterocycles. The molecule has 0 radical (unpaired) electrons. The van der Waals surface area contributed by atoms with Gasteiger partial charge in [-0.3, -0.25) is 5.32 Å². The van der Waals surface area contributed by atoms with Gasteiger partial charge in [-0.15, -0.1) is 11.3 Å². The normalized spacial score (nSPS) is 12.2. The van der Waals surface area contributed by atoms with Crippen LogP contribution in [0.3, 0.4) is 0 Å². The molecule has 18 heavy (non-hydrogen) atoms. The van der Waals surface area contributed by atoms with Crippen molar-refractivity contribution in [2.45, 2.75) is 33.2 Å². The lowest BCUT2D eigenvalue weighted by atomic mass is 10.0. The van der Waals surface area contributed by atoms with Crippen LogP contribution in [0, 0.1) is 5.92 Å². The molecule has 1 aromatic heterocycles. The average Bonchev–Trinajstić information content (AvgIpc) is 2.73. The Morgan fingerprint density at radius 2 is 2.11 bits per heavy atom. The number of urea groups is 1. The van der Waals surface area contributed by atoms with Gasteiger partial charge in [0.1, 0.15) is 5.00 Å². The fraction of sp³-hybridized carbons (Fsp3) is 0.500. The van der Waals surface area contributed by atoms with Crippen LogP contribution in [-0.4, -0.2) is 23.1 Å². The highest BCUT2D eigenvalue weighted by molar-refractivity contribution is 7.14. The predicted octanol–water partition coefficient (Wildman–Crippen LogP) is 3.00. The molecule has 0 bridgehead atoms. The number of carboxylic acid groups (broad SMARTS) is 1. The lowest BCUT2D eigenvalue weighted by molar-refractivity contribution is 0.0698. The molecule has 1 unspecified atom stereocenters. The van der Waals surface area contributed by atoms with Crippen LogP contribution in [0.15, 0.2) is 11.4 Å². The molecule has 1 rings (SSSR count). The molecule has 100 valence electrons. The number of carbonyl (C=O) groups excluding carboxylic acids is 1. The number of nitrogens with one attached hydrogen (secondary N) is 2. The van der Waals surface area contributed by atoms with Gasteiger partial charge < -0.3 is 10.4 Å². The summed E-state index contributed by atoms with van der Waals surface area (Å²) in [4.78, 5) is 22.6. The molecular formula is C12H18N2O3S. The summed E-state index contributed by atoms with van der Waals surface area (Å²) < 4.78 is 0. The summed E-state index contributed by atoms with van der Waals surface area (Å²) in [6.45, 7) is 6.06. The quantitative estimate of drug-likeness (QED) is 0.769. The van der Waals surface area contributed by atoms with Crippen molar-refractivity contribution in [2.75, 3.05) is 5.32 Å². The van der Waals surface area contributed by atoms with Crippen LogP contribution in [-0.2, 0) is 0 Å². The summed E-state index contributed by atoms with van der Waals surface area (Å²) in [5, 5.41) is 16.3. The van der Waals surface area contributed by atoms with Gasteiger partial charge in [-0.05, 0) is 23.8 Å². The second-order valence-corrected chi connectivity index (χ2v) is 5.24. The third-order valence-electron chi connectivity index (χ3n) is 2.68. The summed E-state index contributed by atoms with van der Waals surface area (Å²) in [6, 6.07) is 1.20. The first-order valence-corrected chi connectivity index (χ1v) is 6.72. The summed E-state index contributed by atoms with van der Waals surface area (Å²) in [6.07, 6.45) is 0.835. The van der Waals surface area contributed by atoms with Gasteiger partial charge in [-0.25, -0.2) is 9.59 Å². The Bertz CT molecular complexity index is 429. The molecule has 0 aliphatic heterocycles. The van der Waals surface area contributed by atoms with E-state index in [1.54, 1.807) is 5.38 Å². The van der Waals surface area contributed by atoms with Crippen molar-refractivity contribution in [2.24, 2.45) is 5.92 Å². The zero-order valence-electron chi connectivity index (χ0n) is 10.7. The van der Waals surface area contributed by atoms with E-state index in [-0.39, 0.29) is 17.6 Å². The van der Waals surface area contributed by atoms with Crippen molar-refractivity contribution in [3.63, 3.8) is 0 Å². The van der Waals surface area contributed by atoms with Gasteiger partial charge >= 0.3 is 12.0 Å². The van der Waals surface area contributed by atoms with E-state index >= 15 is 0 Å². The lowest BCUT2D eigenvalue weighted by Crippen LogP contribution is -2.40. The second kappa shape index (κ2) is 6.39. The van der Waals surface area contributed by atoms with Crippen molar-refractivity contribution in [3.05, 3.63) is 17.0 Å². The number of carboxylic acids is 1. The smallest absolute Gasteiger partial charge is 0.338 e. The first-order chi connectivity index (χ1) is 8.45. The maximum atomic E-state index is 11.8. The molecule has 5 nitrogen and oxygen atoms in total. The number of aromatic carboxylic acids is 1. The Hall–Kier alpha value is -1.56. The van der Waals surface area contributed by atoms with E-state index in [0.29, 0.717) is 10.9 Å². The second-order valence-electron chi connectivity index (χ2n) is 4.33. The maximum absolute atomic E-state index is 11.8. The fourth-order valence-electron chi connectivity index (χ4n) is 1.62. The Morgan fingerprint density at radius 1 is 1.44 bits per heavy atom. The Morgan fingerprint density at radius 3 is 2.61 bits per heavy atom. The maximum Gasteiger partial charge on any atom is 0.338 e. The molecule has 2 amide bonds. The van der Waals surface area contributed by atoms with E-state index < -0.39 is 5.97 Å². The number of anilines is 1. The van der Waals surface area contributed by atoms with E-state index in [1.165, 1.54) is 17.4 Å². The number of hydrogen-bond donors (Lipinski definition) is 3. The summed E-state index contributed by atoms with van der Waals surface area (Å²) in [5.74, 6) is -0.703. The third kappa shape index (κ3) is 3.73. The largest absolute Gasteiger partial charge is 0.478 e. The minimum atomic E-state index is -1.04. The van der Waals surface area contributed by atoms with Crippen LogP contribution >= 0.6 is 11.3 Å². The highest BCUT2D eigenvalue weighted by atomic mass is 32.1. The number of rotatable bonds is 5. The molecule has 0 aromatic carbocycles. The molecule has 3 N–H and O–H groups in total. The van der Waals surface area contributed by atoms with Crippen LogP contribution in [0.25, 0.3) is 0 Å². The summed E-state index contributed by atoms with van der Waals surface area (Å²) in [5.41, 5.74) is 0.118. The van der Waals surface area contributed by atoms with Crippen molar-refractivity contribution in [1.29, 1.82) is 0 Å². The molecule has 0 aliphatic rings. The minimum Gasteiger partial charge on any atom is -0.478 e. The van der Waals surface area contributed by atoms with E-state index in [2.05, 4.69) is 10.6 Å². The standard InChI is InChI=1S/C12H18N2O3S/c1-4-9(7(2)3)13-12(17)14-10-8(11(15)16)5-6-18-10/h5-7,9H,4H2,1-3H3,(H,15,16)(H2,13,14,17). The summed E-state index contributed by atoms with van der Waals surface area (Å²) >= 11 is 1.20. The van der Waals surface area contributed by atoms with E-state index in [9.17, 15) is 9.59 Å². The summed E-state index contributed by atoms with van der Waals surface area (Å²) in [7, 11) is 0. The average molecular weight is 270 g/mol. The Kier molecular flexibility index (Phi) is 5.15. The molecule has 1 heterocycles. The zero-order chi connectivity index (χ0) is 13.7. The van der Waals surface area contributed by atoms with Gasteiger partial charge in [-0.1, -0.05) is 20.8 Å². The van der Waals surface area contributed by atoms with Gasteiger partial charge in [-0.2, -0.15) is 0 Å². The topological polar surface area (TPSA) is 78.4 Å². The van der Waals surface area contributed by atoms with Crippen LogP contribution in [0.4, 0.5) is 9.80 Å². The van der Waals surface area contributed by atoms with E-state index in [0.717, 1.165) is 6.42 Å². The van der Waals surface area contributed by atoms with Crippen molar-refractivity contribution in [1.82, 2.24) is 5.32 Å². The van der Waals surface area contributed by atoms with E-state index in [4.69, 9.17) is 5.11 Å². The number of hydrogen-bond acceptors (Lipinski definition) is 3. The fourth-order valence-corrected chi connectivity index (χ4v) is 2.40. The van der Waals surface area contributed by atoms with Gasteiger partial charge in [0, 0.05) is 6.04 Å². The first-order valence-electron chi connectivity index (χ1n) is 5.84. The van der Waals surface area contributed by atoms with Crippen LogP contribution < -0.4 is 10.6 Å².